The quantitative estimate of drug-likeness (QED) is 0.408. The van der Waals surface area contributed by atoms with Gasteiger partial charge in [-0.05, 0) is 36.3 Å². The number of imidazole rings is 1. The number of fused-ring (bicyclic) bond motifs is 9. The molecule has 2 aliphatic rings. The summed E-state index contributed by atoms with van der Waals surface area (Å²) in [7, 11) is 0. The molecule has 0 aliphatic carbocycles. The van der Waals surface area contributed by atoms with Crippen molar-refractivity contribution in [3.8, 4) is 17.6 Å². The summed E-state index contributed by atoms with van der Waals surface area (Å²) in [6.07, 6.45) is 0.117. The lowest BCUT2D eigenvalue weighted by Gasteiger charge is -2.24. The number of hydrogen-bond acceptors (Lipinski definition) is 7. The number of alkyl halides is 2. The predicted octanol–water partition coefficient (Wildman–Crippen LogP) is 3.97. The molecule has 2 aromatic carbocycles. The first-order chi connectivity index (χ1) is 19.0. The third-order valence-electron chi connectivity index (χ3n) is 6.17. The highest BCUT2D eigenvalue weighted by Gasteiger charge is 2.45. The van der Waals surface area contributed by atoms with E-state index in [1.807, 2.05) is 0 Å². The number of carbonyl (C=O) groups excluding carboxylic acids is 2. The van der Waals surface area contributed by atoms with Gasteiger partial charge in [-0.1, -0.05) is 23.3 Å². The summed E-state index contributed by atoms with van der Waals surface area (Å²) in [4.78, 5) is 30.2. The van der Waals surface area contributed by atoms with Gasteiger partial charge in [0.1, 0.15) is 11.6 Å². The molecular formula is C25H18F2N6O3S. The molecule has 186 valence electrons. The highest BCUT2D eigenvalue weighted by atomic mass is 32.1. The second-order valence-electron chi connectivity index (χ2n) is 8.43. The number of hydrogen-bond donors (Lipinski definition) is 1. The van der Waals surface area contributed by atoms with Gasteiger partial charge in [0.25, 0.3) is 5.91 Å². The zero-order valence-electron chi connectivity index (χ0n) is 22.0. The summed E-state index contributed by atoms with van der Waals surface area (Å²) < 4.78 is 57.6. The van der Waals surface area contributed by atoms with Crippen LogP contribution >= 0.6 is 11.3 Å². The standard InChI is InChI=1S/C25H18F2N6O3S/c1-12(34)28-25-31-30-20(37-25)9-7-13-6-8-15-16(10-13)33-17-11-18(22(33)29-15)32(2)23(35)14-4-3-5-19(21(14)17)36-24(26)27/h3-6,8,10,17-18,24H,11H2,1-2H3,(H,28,31,34)/t17-,18-/m1/s1/i2D3. The van der Waals surface area contributed by atoms with E-state index < -0.39 is 31.6 Å². The van der Waals surface area contributed by atoms with E-state index in [2.05, 4.69) is 32.3 Å². The molecule has 0 saturated heterocycles. The Balaban J connectivity index is 1.49. The normalized spacial score (nSPS) is 19.3. The second-order valence-corrected chi connectivity index (χ2v) is 9.40. The van der Waals surface area contributed by atoms with Gasteiger partial charge in [0.15, 0.2) is 5.01 Å². The number of aromatic nitrogens is 4. The molecule has 2 amide bonds. The molecule has 4 aromatic rings. The topological polar surface area (TPSA) is 102 Å². The maximum absolute atomic E-state index is 13.5. The summed E-state index contributed by atoms with van der Waals surface area (Å²) in [6.45, 7) is -4.60. The molecule has 2 aromatic heterocycles. The van der Waals surface area contributed by atoms with E-state index in [-0.39, 0.29) is 29.2 Å². The van der Waals surface area contributed by atoms with Crippen LogP contribution in [0.1, 0.15) is 61.9 Å². The van der Waals surface area contributed by atoms with Gasteiger partial charge in [-0.2, -0.15) is 8.78 Å². The molecule has 0 unspecified atom stereocenters. The first kappa shape index (κ1) is 19.8. The van der Waals surface area contributed by atoms with Crippen LogP contribution < -0.4 is 10.1 Å². The van der Waals surface area contributed by atoms with Gasteiger partial charge in [-0.25, -0.2) is 4.98 Å². The molecule has 4 heterocycles. The van der Waals surface area contributed by atoms with E-state index in [1.165, 1.54) is 25.1 Å². The lowest BCUT2D eigenvalue weighted by Crippen LogP contribution is -2.30. The van der Waals surface area contributed by atoms with Crippen molar-refractivity contribution in [1.82, 2.24) is 24.6 Å². The number of nitrogens with one attached hydrogen (secondary N) is 1. The fourth-order valence-corrected chi connectivity index (χ4v) is 5.43. The van der Waals surface area contributed by atoms with Gasteiger partial charge in [0, 0.05) is 41.1 Å². The van der Waals surface area contributed by atoms with Gasteiger partial charge in [-0.15, -0.1) is 10.2 Å². The fourth-order valence-electron chi connectivity index (χ4n) is 4.79. The van der Waals surface area contributed by atoms with Crippen molar-refractivity contribution in [3.63, 3.8) is 0 Å². The van der Waals surface area contributed by atoms with Crippen LogP contribution in [0.25, 0.3) is 11.0 Å². The van der Waals surface area contributed by atoms with Gasteiger partial charge >= 0.3 is 6.61 Å². The number of amides is 2. The lowest BCUT2D eigenvalue weighted by atomic mass is 9.97. The van der Waals surface area contributed by atoms with Crippen molar-refractivity contribution in [3.05, 3.63) is 63.9 Å². The highest BCUT2D eigenvalue weighted by molar-refractivity contribution is 7.15. The Kier molecular flexibility index (Phi) is 4.61. The van der Waals surface area contributed by atoms with Crippen LogP contribution in [0.15, 0.2) is 36.4 Å². The Morgan fingerprint density at radius 3 is 2.92 bits per heavy atom. The maximum Gasteiger partial charge on any atom is 0.387 e. The number of rotatable bonds is 3. The highest BCUT2D eigenvalue weighted by Crippen LogP contribution is 2.49. The third-order valence-corrected chi connectivity index (χ3v) is 6.93. The summed E-state index contributed by atoms with van der Waals surface area (Å²) in [5.74, 6) is 4.94. The largest absolute Gasteiger partial charge is 0.434 e. The molecule has 2 atom stereocenters. The number of halogens is 2. The molecule has 12 heteroatoms. The Morgan fingerprint density at radius 1 is 1.27 bits per heavy atom. The van der Waals surface area contributed by atoms with Gasteiger partial charge in [-0.3, -0.25) is 9.59 Å². The van der Waals surface area contributed by atoms with Crippen LogP contribution in [0.2, 0.25) is 0 Å². The van der Waals surface area contributed by atoms with Crippen LogP contribution in [0, 0.1) is 11.8 Å². The molecule has 6 rings (SSSR count). The summed E-state index contributed by atoms with van der Waals surface area (Å²) in [5, 5.41) is 11.0. The number of nitrogens with zero attached hydrogens (tertiary/aromatic N) is 5. The van der Waals surface area contributed by atoms with Crippen molar-refractivity contribution >= 4 is 39.3 Å². The Hall–Kier alpha value is -4.37. The minimum atomic E-state index is -3.15. The number of benzene rings is 2. The second kappa shape index (κ2) is 8.63. The first-order valence-electron chi connectivity index (χ1n) is 12.6. The molecule has 0 spiro atoms. The number of anilines is 1. The van der Waals surface area contributed by atoms with Crippen molar-refractivity contribution in [2.24, 2.45) is 0 Å². The molecule has 0 radical (unpaired) electrons. The fraction of sp³-hybridized carbons (Fsp3) is 0.240. The van der Waals surface area contributed by atoms with E-state index in [0.717, 1.165) is 16.2 Å². The summed E-state index contributed by atoms with van der Waals surface area (Å²) >= 11 is 1.11. The van der Waals surface area contributed by atoms with Crippen LogP contribution in [0.4, 0.5) is 13.9 Å². The van der Waals surface area contributed by atoms with Crippen LogP contribution in [0.5, 0.6) is 5.75 Å². The smallest absolute Gasteiger partial charge is 0.387 e. The number of carbonyl (C=O) groups is 2. The lowest BCUT2D eigenvalue weighted by molar-refractivity contribution is -0.114. The van der Waals surface area contributed by atoms with Crippen molar-refractivity contribution < 1.29 is 27.2 Å². The Bertz CT molecular complexity index is 1760. The molecule has 2 aliphatic heterocycles. The Morgan fingerprint density at radius 2 is 2.14 bits per heavy atom. The van der Waals surface area contributed by atoms with Crippen LogP contribution in [0.3, 0.4) is 0 Å². The van der Waals surface area contributed by atoms with Crippen molar-refractivity contribution in [1.29, 1.82) is 0 Å². The molecule has 37 heavy (non-hydrogen) atoms. The Labute approximate surface area is 217 Å². The molecule has 0 fully saturated rings. The average molecular weight is 524 g/mol. The van der Waals surface area contributed by atoms with E-state index in [1.54, 1.807) is 22.8 Å². The minimum absolute atomic E-state index is 0.0172. The average Bonchev–Trinajstić information content (AvgIpc) is 3.53. The zero-order valence-corrected chi connectivity index (χ0v) is 19.8. The van der Waals surface area contributed by atoms with Gasteiger partial charge in [0.2, 0.25) is 11.0 Å². The van der Waals surface area contributed by atoms with Crippen molar-refractivity contribution in [2.45, 2.75) is 32.0 Å². The van der Waals surface area contributed by atoms with E-state index in [4.69, 9.17) is 8.85 Å². The molecule has 9 nitrogen and oxygen atoms in total. The third kappa shape index (κ3) is 3.88. The molecule has 2 bridgehead atoms. The minimum Gasteiger partial charge on any atom is -0.434 e. The van der Waals surface area contributed by atoms with E-state index in [9.17, 15) is 18.4 Å². The first-order valence-corrected chi connectivity index (χ1v) is 11.9. The molecule has 1 N–H and O–H groups in total. The van der Waals surface area contributed by atoms with Gasteiger partial charge in [0.05, 0.1) is 23.1 Å². The molecule has 0 saturated carbocycles. The summed E-state index contributed by atoms with van der Waals surface area (Å²) in [6, 6.07) is 7.71. The van der Waals surface area contributed by atoms with E-state index in [0.29, 0.717) is 32.6 Å². The van der Waals surface area contributed by atoms with Gasteiger partial charge < -0.3 is 19.5 Å². The summed E-state index contributed by atoms with van der Waals surface area (Å²) in [5.41, 5.74) is 1.85. The monoisotopic (exact) mass is 523 g/mol. The van der Waals surface area contributed by atoms with Crippen LogP contribution in [-0.4, -0.2) is 50.1 Å². The van der Waals surface area contributed by atoms with E-state index >= 15 is 0 Å². The maximum atomic E-state index is 13.5. The zero-order chi connectivity index (χ0) is 28.3. The predicted molar refractivity (Wildman–Crippen MR) is 131 cm³/mol. The van der Waals surface area contributed by atoms with Crippen LogP contribution in [-0.2, 0) is 4.79 Å². The SMILES string of the molecule is [2H]C([2H])([2H])N1C(=O)c2cccc(OC(F)F)c2[C@H]2C[C@@H]1c1nc3ccc(C#Cc4nnc(NC(C)=O)s4)cc3n12. The number of ether oxygens (including phenoxy) is 1. The van der Waals surface area contributed by atoms with Crippen molar-refractivity contribution in [2.75, 3.05) is 12.3 Å². The molecular weight excluding hydrogens is 502 g/mol.